The lowest BCUT2D eigenvalue weighted by Crippen LogP contribution is -1.94. The summed E-state index contributed by atoms with van der Waals surface area (Å²) in [6, 6.07) is 8.16. The Balaban J connectivity index is 1.94. The van der Waals surface area contributed by atoms with Crippen molar-refractivity contribution in [2.75, 3.05) is 0 Å². The van der Waals surface area contributed by atoms with E-state index in [1.54, 1.807) is 18.7 Å². The van der Waals surface area contributed by atoms with Crippen LogP contribution in [0.4, 0.5) is 0 Å². The van der Waals surface area contributed by atoms with Crippen LogP contribution < -0.4 is 5.73 Å². The van der Waals surface area contributed by atoms with E-state index in [9.17, 15) is 0 Å². The number of nitrogens with two attached hydrogens (primary N) is 1. The summed E-state index contributed by atoms with van der Waals surface area (Å²) in [6.07, 6.45) is 0. The molecule has 0 aliphatic carbocycles. The molecule has 4 nitrogen and oxygen atoms in total. The summed E-state index contributed by atoms with van der Waals surface area (Å²) in [5.41, 5.74) is 6.66. The maximum Gasteiger partial charge on any atom is 0.226 e. The molecule has 0 amide bonds. The Morgan fingerprint density at radius 2 is 2.00 bits per heavy atom. The molecular formula is C11H13N3OS. The highest BCUT2D eigenvalue weighted by molar-refractivity contribution is 7.98. The molecule has 2 rings (SSSR count). The summed E-state index contributed by atoms with van der Waals surface area (Å²) in [6.45, 7) is 2.37. The smallest absolute Gasteiger partial charge is 0.226 e. The Morgan fingerprint density at radius 1 is 1.25 bits per heavy atom. The van der Waals surface area contributed by atoms with Gasteiger partial charge in [0.1, 0.15) is 0 Å². The molecule has 0 saturated heterocycles. The molecule has 1 aromatic carbocycles. The number of thioether (sulfide) groups is 1. The topological polar surface area (TPSA) is 64.9 Å². The number of hydrogen-bond donors (Lipinski definition) is 1. The minimum Gasteiger partial charge on any atom is -0.425 e. The maximum atomic E-state index is 5.53. The van der Waals surface area contributed by atoms with E-state index in [0.29, 0.717) is 24.1 Å². The molecule has 0 radical (unpaired) electrons. The Hall–Kier alpha value is -1.33. The molecule has 0 aliphatic heterocycles. The average Bonchev–Trinajstić information content (AvgIpc) is 2.73. The van der Waals surface area contributed by atoms with E-state index < -0.39 is 0 Å². The SMILES string of the molecule is Cc1nnc(CSc2ccc(CN)cc2)o1. The molecule has 2 N–H and O–H groups in total. The molecule has 5 heteroatoms. The van der Waals surface area contributed by atoms with E-state index in [0.717, 1.165) is 5.56 Å². The zero-order chi connectivity index (χ0) is 11.4. The van der Waals surface area contributed by atoms with Gasteiger partial charge in [0, 0.05) is 18.4 Å². The maximum absolute atomic E-state index is 5.53. The Bertz CT molecular complexity index is 453. The van der Waals surface area contributed by atoms with E-state index in [-0.39, 0.29) is 0 Å². The first-order valence-corrected chi connectivity index (χ1v) is 5.97. The molecule has 0 bridgehead atoms. The van der Waals surface area contributed by atoms with Crippen LogP contribution in [-0.2, 0) is 12.3 Å². The summed E-state index contributed by atoms with van der Waals surface area (Å²) in [7, 11) is 0. The molecule has 0 atom stereocenters. The highest BCUT2D eigenvalue weighted by Crippen LogP contribution is 2.22. The second-order valence-corrected chi connectivity index (χ2v) is 4.40. The first-order valence-electron chi connectivity index (χ1n) is 4.98. The number of nitrogens with zero attached hydrogens (tertiary/aromatic N) is 2. The number of hydrogen-bond acceptors (Lipinski definition) is 5. The van der Waals surface area contributed by atoms with E-state index in [4.69, 9.17) is 10.2 Å². The zero-order valence-electron chi connectivity index (χ0n) is 9.01. The van der Waals surface area contributed by atoms with Crippen LogP contribution in [0, 0.1) is 6.92 Å². The molecule has 1 aromatic heterocycles. The van der Waals surface area contributed by atoms with Gasteiger partial charge in [-0.3, -0.25) is 0 Å². The number of aromatic nitrogens is 2. The van der Waals surface area contributed by atoms with Crippen LogP contribution >= 0.6 is 11.8 Å². The van der Waals surface area contributed by atoms with Crippen LogP contribution in [-0.4, -0.2) is 10.2 Å². The Labute approximate surface area is 98.2 Å². The number of aryl methyl sites for hydroxylation is 1. The van der Waals surface area contributed by atoms with Crippen LogP contribution in [0.15, 0.2) is 33.6 Å². The summed E-state index contributed by atoms with van der Waals surface area (Å²) in [5, 5.41) is 7.72. The minimum absolute atomic E-state index is 0.577. The van der Waals surface area contributed by atoms with Crippen molar-refractivity contribution >= 4 is 11.8 Å². The van der Waals surface area contributed by atoms with Crippen LogP contribution in [0.25, 0.3) is 0 Å². The van der Waals surface area contributed by atoms with Gasteiger partial charge in [0.2, 0.25) is 11.8 Å². The van der Waals surface area contributed by atoms with Crippen LogP contribution in [0.2, 0.25) is 0 Å². The lowest BCUT2D eigenvalue weighted by atomic mass is 10.2. The van der Waals surface area contributed by atoms with Crippen LogP contribution in [0.5, 0.6) is 0 Å². The van der Waals surface area contributed by atoms with E-state index in [2.05, 4.69) is 22.3 Å². The fourth-order valence-electron chi connectivity index (χ4n) is 1.26. The first-order chi connectivity index (χ1) is 7.78. The van der Waals surface area contributed by atoms with Crippen molar-refractivity contribution in [1.82, 2.24) is 10.2 Å². The summed E-state index contributed by atoms with van der Waals surface area (Å²) in [5.74, 6) is 1.96. The van der Waals surface area contributed by atoms with Gasteiger partial charge in [-0.05, 0) is 17.7 Å². The largest absolute Gasteiger partial charge is 0.425 e. The lowest BCUT2D eigenvalue weighted by Gasteiger charge is -2.00. The van der Waals surface area contributed by atoms with Crippen LogP contribution in [0.1, 0.15) is 17.3 Å². The third-order valence-corrected chi connectivity index (χ3v) is 3.09. The number of benzene rings is 1. The van der Waals surface area contributed by atoms with Gasteiger partial charge in [0.05, 0.1) is 5.75 Å². The van der Waals surface area contributed by atoms with Crippen molar-refractivity contribution < 1.29 is 4.42 Å². The third kappa shape index (κ3) is 2.84. The monoisotopic (exact) mass is 235 g/mol. The summed E-state index contributed by atoms with van der Waals surface area (Å²) >= 11 is 1.67. The molecule has 2 aromatic rings. The molecular weight excluding hydrogens is 222 g/mol. The van der Waals surface area contributed by atoms with E-state index in [1.165, 1.54) is 4.90 Å². The first kappa shape index (κ1) is 11.2. The van der Waals surface area contributed by atoms with Crippen molar-refractivity contribution in [2.24, 2.45) is 5.73 Å². The zero-order valence-corrected chi connectivity index (χ0v) is 9.83. The number of rotatable bonds is 4. The predicted molar refractivity (Wildman–Crippen MR) is 62.9 cm³/mol. The van der Waals surface area contributed by atoms with Gasteiger partial charge in [-0.2, -0.15) is 0 Å². The molecule has 16 heavy (non-hydrogen) atoms. The molecule has 84 valence electrons. The van der Waals surface area contributed by atoms with E-state index >= 15 is 0 Å². The van der Waals surface area contributed by atoms with Crippen molar-refractivity contribution in [2.45, 2.75) is 24.1 Å². The quantitative estimate of drug-likeness (QED) is 0.822. The Morgan fingerprint density at radius 3 is 2.56 bits per heavy atom. The third-order valence-electron chi connectivity index (χ3n) is 2.09. The van der Waals surface area contributed by atoms with Gasteiger partial charge in [0.15, 0.2) is 0 Å². The predicted octanol–water partition coefficient (Wildman–Crippen LogP) is 2.13. The second-order valence-electron chi connectivity index (χ2n) is 3.35. The lowest BCUT2D eigenvalue weighted by molar-refractivity contribution is 0.485. The summed E-state index contributed by atoms with van der Waals surface area (Å²) < 4.78 is 5.29. The molecule has 0 spiro atoms. The van der Waals surface area contributed by atoms with E-state index in [1.807, 2.05) is 12.1 Å². The fraction of sp³-hybridized carbons (Fsp3) is 0.273. The fourth-order valence-corrected chi connectivity index (χ4v) is 2.00. The second kappa shape index (κ2) is 5.14. The molecule has 0 unspecified atom stereocenters. The average molecular weight is 235 g/mol. The normalized spacial score (nSPS) is 10.6. The van der Waals surface area contributed by atoms with Gasteiger partial charge in [-0.15, -0.1) is 22.0 Å². The minimum atomic E-state index is 0.577. The van der Waals surface area contributed by atoms with Gasteiger partial charge < -0.3 is 10.2 Å². The van der Waals surface area contributed by atoms with Crippen molar-refractivity contribution in [3.8, 4) is 0 Å². The Kier molecular flexibility index (Phi) is 3.58. The standard InChI is InChI=1S/C11H13N3OS/c1-8-13-14-11(15-8)7-16-10-4-2-9(6-12)3-5-10/h2-5H,6-7,12H2,1H3. The van der Waals surface area contributed by atoms with Crippen molar-refractivity contribution in [3.63, 3.8) is 0 Å². The highest BCUT2D eigenvalue weighted by Gasteiger charge is 2.03. The van der Waals surface area contributed by atoms with Crippen LogP contribution in [0.3, 0.4) is 0 Å². The van der Waals surface area contributed by atoms with Gasteiger partial charge in [-0.25, -0.2) is 0 Å². The molecule has 0 aliphatic rings. The molecule has 1 heterocycles. The highest BCUT2D eigenvalue weighted by atomic mass is 32.2. The van der Waals surface area contributed by atoms with Gasteiger partial charge in [-0.1, -0.05) is 12.1 Å². The summed E-state index contributed by atoms with van der Waals surface area (Å²) in [4.78, 5) is 1.17. The van der Waals surface area contributed by atoms with Crippen molar-refractivity contribution in [3.05, 3.63) is 41.6 Å². The van der Waals surface area contributed by atoms with Crippen molar-refractivity contribution in [1.29, 1.82) is 0 Å². The molecule has 0 saturated carbocycles. The van der Waals surface area contributed by atoms with Gasteiger partial charge >= 0.3 is 0 Å². The molecule has 0 fully saturated rings. The van der Waals surface area contributed by atoms with Gasteiger partial charge in [0.25, 0.3) is 0 Å².